The van der Waals surface area contributed by atoms with Crippen molar-refractivity contribution in [2.45, 2.75) is 51.2 Å². The molecule has 6 nitrogen and oxygen atoms in total. The minimum Gasteiger partial charge on any atom is -0.378 e. The third kappa shape index (κ3) is 5.70. The van der Waals surface area contributed by atoms with E-state index in [2.05, 4.69) is 5.32 Å². The number of rotatable bonds is 7. The molecule has 0 aliphatic carbocycles. The van der Waals surface area contributed by atoms with Crippen LogP contribution in [-0.4, -0.2) is 61.1 Å². The SMILES string of the molecule is CN(CCC[C@H]1CCCO1)C(=O)NCc1ccc(C(=O)N2CCCC2)cc1. The van der Waals surface area contributed by atoms with Crippen LogP contribution in [0.25, 0.3) is 0 Å². The van der Waals surface area contributed by atoms with E-state index in [1.807, 2.05) is 36.2 Å². The maximum Gasteiger partial charge on any atom is 0.317 e. The number of carbonyl (C=O) groups excluding carboxylic acids is 2. The molecule has 1 aromatic carbocycles. The maximum absolute atomic E-state index is 12.3. The second-order valence-electron chi connectivity index (χ2n) is 7.55. The molecule has 2 heterocycles. The van der Waals surface area contributed by atoms with Gasteiger partial charge < -0.3 is 19.9 Å². The van der Waals surface area contributed by atoms with E-state index in [4.69, 9.17) is 4.74 Å². The standard InChI is InChI=1S/C21H31N3O3/c1-23(12-4-6-19-7-5-15-27-19)21(26)22-16-17-8-10-18(11-9-17)20(25)24-13-2-3-14-24/h8-11,19H,2-7,12-16H2,1H3,(H,22,26)/t19-/m0/s1. The van der Waals surface area contributed by atoms with Crippen LogP contribution in [0.1, 0.15) is 54.4 Å². The second-order valence-corrected chi connectivity index (χ2v) is 7.55. The van der Waals surface area contributed by atoms with Crippen molar-refractivity contribution in [3.8, 4) is 0 Å². The van der Waals surface area contributed by atoms with Crippen molar-refractivity contribution in [3.63, 3.8) is 0 Å². The largest absolute Gasteiger partial charge is 0.378 e. The van der Waals surface area contributed by atoms with E-state index in [9.17, 15) is 9.59 Å². The van der Waals surface area contributed by atoms with Crippen molar-refractivity contribution in [3.05, 3.63) is 35.4 Å². The summed E-state index contributed by atoms with van der Waals surface area (Å²) in [6.07, 6.45) is 6.85. The fourth-order valence-electron chi connectivity index (χ4n) is 3.71. The van der Waals surface area contributed by atoms with Crippen molar-refractivity contribution in [2.75, 3.05) is 33.3 Å². The lowest BCUT2D eigenvalue weighted by atomic mass is 10.1. The van der Waals surface area contributed by atoms with E-state index in [-0.39, 0.29) is 11.9 Å². The van der Waals surface area contributed by atoms with Gasteiger partial charge in [-0.15, -0.1) is 0 Å². The van der Waals surface area contributed by atoms with Gasteiger partial charge in [-0.1, -0.05) is 12.1 Å². The molecule has 3 rings (SSSR count). The smallest absolute Gasteiger partial charge is 0.317 e. The van der Waals surface area contributed by atoms with E-state index in [0.717, 1.165) is 75.9 Å². The van der Waals surface area contributed by atoms with Gasteiger partial charge in [-0.25, -0.2) is 4.79 Å². The van der Waals surface area contributed by atoms with E-state index in [1.165, 1.54) is 0 Å². The normalized spacial score (nSPS) is 19.3. The van der Waals surface area contributed by atoms with Crippen LogP contribution in [0.4, 0.5) is 4.79 Å². The lowest BCUT2D eigenvalue weighted by molar-refractivity contribution is 0.0792. The zero-order valence-corrected chi connectivity index (χ0v) is 16.3. The van der Waals surface area contributed by atoms with E-state index < -0.39 is 0 Å². The van der Waals surface area contributed by atoms with Gasteiger partial charge in [0.25, 0.3) is 5.91 Å². The zero-order valence-electron chi connectivity index (χ0n) is 16.3. The van der Waals surface area contributed by atoms with Gasteiger partial charge in [-0.2, -0.15) is 0 Å². The molecule has 2 aliphatic rings. The summed E-state index contributed by atoms with van der Waals surface area (Å²) >= 11 is 0. The van der Waals surface area contributed by atoms with Crippen LogP contribution in [0.5, 0.6) is 0 Å². The highest BCUT2D eigenvalue weighted by molar-refractivity contribution is 5.94. The highest BCUT2D eigenvalue weighted by Gasteiger charge is 2.19. The van der Waals surface area contributed by atoms with Gasteiger partial charge in [0.15, 0.2) is 0 Å². The van der Waals surface area contributed by atoms with Crippen molar-refractivity contribution < 1.29 is 14.3 Å². The van der Waals surface area contributed by atoms with Crippen LogP contribution in [-0.2, 0) is 11.3 Å². The average Bonchev–Trinajstić information content (AvgIpc) is 3.40. The Hall–Kier alpha value is -2.08. The number of carbonyl (C=O) groups is 2. The minimum atomic E-state index is -0.0699. The Bertz CT molecular complexity index is 620. The molecule has 0 spiro atoms. The fraction of sp³-hybridized carbons (Fsp3) is 0.619. The predicted octanol–water partition coefficient (Wildman–Crippen LogP) is 3.02. The summed E-state index contributed by atoms with van der Waals surface area (Å²) in [4.78, 5) is 28.2. The molecule has 2 aliphatic heterocycles. The average molecular weight is 373 g/mol. The summed E-state index contributed by atoms with van der Waals surface area (Å²) in [5.41, 5.74) is 1.72. The first-order valence-electron chi connectivity index (χ1n) is 10.1. The molecule has 1 atom stereocenters. The molecule has 0 unspecified atom stereocenters. The molecular formula is C21H31N3O3. The Balaban J connectivity index is 1.38. The summed E-state index contributed by atoms with van der Waals surface area (Å²) in [6, 6.07) is 7.47. The molecule has 1 aromatic rings. The number of nitrogens with one attached hydrogen (secondary N) is 1. The van der Waals surface area contributed by atoms with Crippen molar-refractivity contribution in [1.82, 2.24) is 15.1 Å². The molecule has 0 saturated carbocycles. The predicted molar refractivity (Wildman–Crippen MR) is 105 cm³/mol. The van der Waals surface area contributed by atoms with Gasteiger partial charge in [0.05, 0.1) is 6.10 Å². The number of amides is 3. The van der Waals surface area contributed by atoms with Gasteiger partial charge in [0, 0.05) is 45.4 Å². The highest BCUT2D eigenvalue weighted by atomic mass is 16.5. The molecule has 27 heavy (non-hydrogen) atoms. The van der Waals surface area contributed by atoms with Crippen LogP contribution in [0.15, 0.2) is 24.3 Å². The first-order valence-corrected chi connectivity index (χ1v) is 10.1. The molecular weight excluding hydrogens is 342 g/mol. The summed E-state index contributed by atoms with van der Waals surface area (Å²) in [7, 11) is 1.82. The Labute approximate surface area is 161 Å². The van der Waals surface area contributed by atoms with Gasteiger partial charge in [0.2, 0.25) is 0 Å². The number of hydrogen-bond donors (Lipinski definition) is 1. The Morgan fingerprint density at radius 1 is 1.19 bits per heavy atom. The van der Waals surface area contributed by atoms with Gasteiger partial charge in [-0.3, -0.25) is 4.79 Å². The van der Waals surface area contributed by atoms with E-state index in [1.54, 1.807) is 4.90 Å². The number of nitrogens with zero attached hydrogens (tertiary/aromatic N) is 2. The first kappa shape index (κ1) is 19.7. The molecule has 1 N–H and O–H groups in total. The van der Waals surface area contributed by atoms with E-state index >= 15 is 0 Å². The Morgan fingerprint density at radius 2 is 1.93 bits per heavy atom. The lowest BCUT2D eigenvalue weighted by Gasteiger charge is -2.19. The topological polar surface area (TPSA) is 61.9 Å². The van der Waals surface area contributed by atoms with Gasteiger partial charge >= 0.3 is 6.03 Å². The molecule has 6 heteroatoms. The summed E-state index contributed by atoms with van der Waals surface area (Å²) < 4.78 is 5.61. The number of urea groups is 1. The van der Waals surface area contributed by atoms with Crippen LogP contribution in [0.2, 0.25) is 0 Å². The monoisotopic (exact) mass is 373 g/mol. The Kier molecular flexibility index (Phi) is 7.10. The molecule has 3 amide bonds. The third-order valence-corrected chi connectivity index (χ3v) is 5.43. The number of benzene rings is 1. The quantitative estimate of drug-likeness (QED) is 0.799. The van der Waals surface area contributed by atoms with Crippen LogP contribution >= 0.6 is 0 Å². The lowest BCUT2D eigenvalue weighted by Crippen LogP contribution is -2.37. The zero-order chi connectivity index (χ0) is 19.1. The van der Waals surface area contributed by atoms with Crippen LogP contribution in [0.3, 0.4) is 0 Å². The van der Waals surface area contributed by atoms with Crippen molar-refractivity contribution >= 4 is 11.9 Å². The molecule has 0 bridgehead atoms. The molecule has 2 saturated heterocycles. The molecule has 0 aromatic heterocycles. The third-order valence-electron chi connectivity index (χ3n) is 5.43. The summed E-state index contributed by atoms with van der Waals surface area (Å²) in [5.74, 6) is 0.106. The second kappa shape index (κ2) is 9.74. The fourth-order valence-corrected chi connectivity index (χ4v) is 3.71. The number of hydrogen-bond acceptors (Lipinski definition) is 3. The van der Waals surface area contributed by atoms with Gasteiger partial charge in [-0.05, 0) is 56.2 Å². The summed E-state index contributed by atoms with van der Waals surface area (Å²) in [5, 5.41) is 2.94. The van der Waals surface area contributed by atoms with Crippen LogP contribution < -0.4 is 5.32 Å². The molecule has 148 valence electrons. The molecule has 0 radical (unpaired) electrons. The van der Waals surface area contributed by atoms with Gasteiger partial charge in [0.1, 0.15) is 0 Å². The minimum absolute atomic E-state index is 0.0699. The Morgan fingerprint density at radius 3 is 2.59 bits per heavy atom. The maximum atomic E-state index is 12.3. The van der Waals surface area contributed by atoms with E-state index in [0.29, 0.717) is 12.6 Å². The van der Waals surface area contributed by atoms with Crippen molar-refractivity contribution in [1.29, 1.82) is 0 Å². The highest BCUT2D eigenvalue weighted by Crippen LogP contribution is 2.17. The first-order chi connectivity index (χ1) is 13.1. The molecule has 2 fully saturated rings. The van der Waals surface area contributed by atoms with Crippen molar-refractivity contribution in [2.24, 2.45) is 0 Å². The number of ether oxygens (including phenoxy) is 1. The number of likely N-dealkylation sites (tertiary alicyclic amines) is 1. The summed E-state index contributed by atoms with van der Waals surface area (Å²) in [6.45, 7) is 3.79. The van der Waals surface area contributed by atoms with Crippen LogP contribution in [0, 0.1) is 0 Å².